The molecule has 4 rings (SSSR count). The Kier molecular flexibility index (Phi) is 5.42. The van der Waals surface area contributed by atoms with Gasteiger partial charge in [-0.2, -0.15) is 0 Å². The molecule has 0 bridgehead atoms. The molecule has 2 heterocycles. The summed E-state index contributed by atoms with van der Waals surface area (Å²) in [6.45, 7) is 0. The Hall–Kier alpha value is -3.01. The molecule has 0 atom stereocenters. The zero-order valence-corrected chi connectivity index (χ0v) is 17.7. The maximum Gasteiger partial charge on any atom is 0.281 e. The van der Waals surface area contributed by atoms with Crippen LogP contribution in [0.5, 0.6) is 0 Å². The van der Waals surface area contributed by atoms with Crippen LogP contribution in [0.3, 0.4) is 0 Å². The highest BCUT2D eigenvalue weighted by Crippen LogP contribution is 2.30. The summed E-state index contributed by atoms with van der Waals surface area (Å²) < 4.78 is 25.8. The number of carbonyl (C=O) groups excluding carboxylic acids is 1. The second-order valence-electron chi connectivity index (χ2n) is 6.36. The van der Waals surface area contributed by atoms with Crippen molar-refractivity contribution in [2.24, 2.45) is 0 Å². The van der Waals surface area contributed by atoms with Crippen molar-refractivity contribution in [3.05, 3.63) is 81.7 Å². The minimum atomic E-state index is -3.90. The molecule has 1 N–H and O–H groups in total. The number of fused-ring (bicyclic) bond motifs is 1. The summed E-state index contributed by atoms with van der Waals surface area (Å²) in [7, 11) is -3.90. The zero-order chi connectivity index (χ0) is 21.3. The van der Waals surface area contributed by atoms with Gasteiger partial charge in [-0.1, -0.05) is 41.9 Å². The van der Waals surface area contributed by atoms with Crippen molar-refractivity contribution in [3.8, 4) is 11.1 Å². The predicted octanol–water partition coefficient (Wildman–Crippen LogP) is 3.32. The van der Waals surface area contributed by atoms with Crippen molar-refractivity contribution < 1.29 is 13.2 Å². The highest BCUT2D eigenvalue weighted by Gasteiger charge is 2.21. The fraction of sp³-hybridized carbons (Fsp3) is 0.0500. The molecule has 0 fully saturated rings. The lowest BCUT2D eigenvalue weighted by Crippen LogP contribution is -2.36. The fourth-order valence-corrected chi connectivity index (χ4v) is 5.07. The summed E-state index contributed by atoms with van der Waals surface area (Å²) in [6.07, 6.45) is 1.17. The Balaban J connectivity index is 1.62. The van der Waals surface area contributed by atoms with Gasteiger partial charge in [0.1, 0.15) is 16.9 Å². The molecule has 10 heteroatoms. The average Bonchev–Trinajstić information content (AvgIpc) is 3.16. The first kappa shape index (κ1) is 20.3. The van der Waals surface area contributed by atoms with Crippen LogP contribution in [0.2, 0.25) is 5.02 Å². The summed E-state index contributed by atoms with van der Waals surface area (Å²) in [5, 5.41) is 2.56. The molecule has 1 amide bonds. The number of aromatic nitrogens is 2. The van der Waals surface area contributed by atoms with E-state index in [-0.39, 0.29) is 4.90 Å². The van der Waals surface area contributed by atoms with Crippen molar-refractivity contribution in [2.75, 3.05) is 11.2 Å². The second kappa shape index (κ2) is 8.02. The first-order chi connectivity index (χ1) is 14.3. The smallest absolute Gasteiger partial charge is 0.272 e. The molecule has 152 valence electrons. The maximum atomic E-state index is 12.9. The monoisotopic (exact) mass is 459 g/mol. The number of nitrogens with zero attached hydrogens (tertiary/aromatic N) is 2. The minimum absolute atomic E-state index is 0.0350. The Morgan fingerprint density at radius 1 is 1.10 bits per heavy atom. The van der Waals surface area contributed by atoms with Crippen LogP contribution >= 0.6 is 22.9 Å². The number of halogens is 1. The predicted molar refractivity (Wildman–Crippen MR) is 117 cm³/mol. The first-order valence-electron chi connectivity index (χ1n) is 8.67. The number of carbonyl (C=O) groups is 1. The summed E-state index contributed by atoms with van der Waals surface area (Å²) in [5.74, 6) is -1.68. The number of thiophene rings is 1. The van der Waals surface area contributed by atoms with E-state index in [1.807, 2.05) is 35.7 Å². The largest absolute Gasteiger partial charge is 0.281 e. The number of hydrogen-bond donors (Lipinski definition) is 1. The number of sulfone groups is 1. The van der Waals surface area contributed by atoms with Crippen LogP contribution in [0.1, 0.15) is 0 Å². The Morgan fingerprint density at radius 2 is 1.80 bits per heavy atom. The summed E-state index contributed by atoms with van der Waals surface area (Å²) >= 11 is 7.08. The van der Waals surface area contributed by atoms with Gasteiger partial charge >= 0.3 is 0 Å². The molecule has 2 aromatic heterocycles. The molecule has 4 aromatic rings. The summed E-state index contributed by atoms with van der Waals surface area (Å²) in [4.78, 5) is 30.0. The first-order valence-corrected chi connectivity index (χ1v) is 11.6. The van der Waals surface area contributed by atoms with E-state index < -0.39 is 27.1 Å². The van der Waals surface area contributed by atoms with Crippen molar-refractivity contribution in [1.29, 1.82) is 0 Å². The van der Waals surface area contributed by atoms with Crippen LogP contribution in [0.25, 0.3) is 21.3 Å². The molecule has 7 nitrogen and oxygen atoms in total. The average molecular weight is 460 g/mol. The third-order valence-electron chi connectivity index (χ3n) is 4.32. The van der Waals surface area contributed by atoms with E-state index >= 15 is 0 Å². The number of nitrogens with one attached hydrogen (secondary N) is 1. The Labute approximate surface area is 180 Å². The van der Waals surface area contributed by atoms with Gasteiger partial charge in [-0.05, 0) is 29.8 Å². The molecule has 0 unspecified atom stereocenters. The Bertz CT molecular complexity index is 1400. The molecular weight excluding hydrogens is 446 g/mol. The molecule has 0 aliphatic heterocycles. The summed E-state index contributed by atoms with van der Waals surface area (Å²) in [5.41, 5.74) is 3.37. The van der Waals surface area contributed by atoms with Gasteiger partial charge in [0.2, 0.25) is 0 Å². The SMILES string of the molecule is O=C(CS(=O)(=O)c1ccc(Cl)cc1)Nn1cnc2scc(-c3ccccc3)c2c1=O. The zero-order valence-electron chi connectivity index (χ0n) is 15.3. The van der Waals surface area contributed by atoms with E-state index in [1.165, 1.54) is 41.9 Å². The molecule has 0 spiro atoms. The Morgan fingerprint density at radius 3 is 2.50 bits per heavy atom. The van der Waals surface area contributed by atoms with Gasteiger partial charge in [0.15, 0.2) is 9.84 Å². The highest BCUT2D eigenvalue weighted by molar-refractivity contribution is 7.92. The van der Waals surface area contributed by atoms with Crippen LogP contribution in [0, 0.1) is 0 Å². The molecule has 0 saturated carbocycles. The fourth-order valence-electron chi connectivity index (χ4n) is 2.91. The van der Waals surface area contributed by atoms with Gasteiger partial charge in [-0.3, -0.25) is 15.0 Å². The highest BCUT2D eigenvalue weighted by atomic mass is 35.5. The normalized spacial score (nSPS) is 11.5. The van der Waals surface area contributed by atoms with Gasteiger partial charge < -0.3 is 0 Å². The van der Waals surface area contributed by atoms with Crippen LogP contribution in [-0.4, -0.2) is 29.7 Å². The molecular formula is C20H14ClN3O4S2. The van der Waals surface area contributed by atoms with E-state index in [0.29, 0.717) is 20.8 Å². The molecule has 0 aliphatic rings. The molecule has 0 saturated heterocycles. The lowest BCUT2D eigenvalue weighted by molar-refractivity contribution is -0.114. The quantitative estimate of drug-likeness (QED) is 0.493. The van der Waals surface area contributed by atoms with Gasteiger partial charge in [0.05, 0.1) is 10.3 Å². The number of rotatable bonds is 5. The molecule has 0 aliphatic carbocycles. The lowest BCUT2D eigenvalue weighted by Gasteiger charge is -2.09. The van der Waals surface area contributed by atoms with Crippen LogP contribution < -0.4 is 11.0 Å². The van der Waals surface area contributed by atoms with Gasteiger partial charge in [0, 0.05) is 16.0 Å². The standard InChI is InChI=1S/C20H14ClN3O4S2/c21-14-6-8-15(9-7-14)30(27,28)11-17(25)23-24-12-22-19-18(20(24)26)16(10-29-19)13-4-2-1-3-5-13/h1-10,12H,11H2,(H,23,25). The van der Waals surface area contributed by atoms with Crippen molar-refractivity contribution in [2.45, 2.75) is 4.90 Å². The van der Waals surface area contributed by atoms with E-state index in [4.69, 9.17) is 11.6 Å². The van der Waals surface area contributed by atoms with E-state index in [0.717, 1.165) is 10.2 Å². The van der Waals surface area contributed by atoms with Crippen molar-refractivity contribution in [3.63, 3.8) is 0 Å². The number of hydrogen-bond acceptors (Lipinski definition) is 6. The van der Waals surface area contributed by atoms with Gasteiger partial charge in [-0.15, -0.1) is 11.3 Å². The van der Waals surface area contributed by atoms with Crippen LogP contribution in [0.15, 0.2) is 76.0 Å². The third-order valence-corrected chi connectivity index (χ3v) is 7.09. The van der Waals surface area contributed by atoms with Crippen molar-refractivity contribution >= 4 is 48.9 Å². The second-order valence-corrected chi connectivity index (χ2v) is 9.65. The maximum absolute atomic E-state index is 12.9. The van der Waals surface area contributed by atoms with Gasteiger partial charge in [-0.25, -0.2) is 18.1 Å². The molecule has 0 radical (unpaired) electrons. The third kappa shape index (κ3) is 4.00. The molecule has 2 aromatic carbocycles. The van der Waals surface area contributed by atoms with Gasteiger partial charge in [0.25, 0.3) is 11.5 Å². The topological polar surface area (TPSA) is 98.1 Å². The summed E-state index contributed by atoms with van der Waals surface area (Å²) in [6, 6.07) is 14.8. The van der Waals surface area contributed by atoms with E-state index in [2.05, 4.69) is 10.4 Å². The van der Waals surface area contributed by atoms with E-state index in [9.17, 15) is 18.0 Å². The van der Waals surface area contributed by atoms with Crippen LogP contribution in [-0.2, 0) is 14.6 Å². The van der Waals surface area contributed by atoms with E-state index in [1.54, 1.807) is 0 Å². The lowest BCUT2D eigenvalue weighted by atomic mass is 10.1. The number of amides is 1. The molecule has 30 heavy (non-hydrogen) atoms. The van der Waals surface area contributed by atoms with Crippen LogP contribution in [0.4, 0.5) is 0 Å². The van der Waals surface area contributed by atoms with Crippen molar-refractivity contribution in [1.82, 2.24) is 9.66 Å². The number of benzene rings is 2. The minimum Gasteiger partial charge on any atom is -0.272 e.